The topological polar surface area (TPSA) is 76.7 Å². The maximum Gasteiger partial charge on any atom is 0.338 e. The maximum atomic E-state index is 12.2. The van der Waals surface area contributed by atoms with Gasteiger partial charge in [0.2, 0.25) is 0 Å². The average molecular weight is 358 g/mol. The average Bonchev–Trinajstić information content (AvgIpc) is 2.62. The van der Waals surface area contributed by atoms with Gasteiger partial charge in [-0.2, -0.15) is 0 Å². The molecule has 25 heavy (non-hydrogen) atoms. The van der Waals surface area contributed by atoms with E-state index in [1.54, 1.807) is 55.5 Å². The lowest BCUT2D eigenvalue weighted by Crippen LogP contribution is -2.34. The second-order valence-corrected chi connectivity index (χ2v) is 5.35. The molecule has 0 fully saturated rings. The summed E-state index contributed by atoms with van der Waals surface area (Å²) in [5.74, 6) is -0.149. The van der Waals surface area contributed by atoms with Crippen molar-refractivity contribution in [3.05, 3.63) is 59.7 Å². The van der Waals surface area contributed by atoms with Gasteiger partial charge in [-0.15, -0.1) is 0 Å². The van der Waals surface area contributed by atoms with Crippen molar-refractivity contribution in [2.45, 2.75) is 6.92 Å². The van der Waals surface area contributed by atoms with Gasteiger partial charge >= 0.3 is 5.97 Å². The quantitative estimate of drug-likeness (QED) is 0.632. The van der Waals surface area contributed by atoms with E-state index in [9.17, 15) is 9.59 Å². The minimum absolute atomic E-state index is 0.150. The number of hydrogen-bond donors (Lipinski definition) is 2. The van der Waals surface area contributed by atoms with Crippen LogP contribution >= 0.6 is 12.2 Å². The first kappa shape index (κ1) is 18.4. The van der Waals surface area contributed by atoms with Crippen LogP contribution in [0.2, 0.25) is 0 Å². The van der Waals surface area contributed by atoms with Crippen molar-refractivity contribution in [3.63, 3.8) is 0 Å². The highest BCUT2D eigenvalue weighted by atomic mass is 32.1. The largest absolute Gasteiger partial charge is 0.497 e. The Labute approximate surface area is 151 Å². The lowest BCUT2D eigenvalue weighted by molar-refractivity contribution is 0.0526. The van der Waals surface area contributed by atoms with E-state index in [4.69, 9.17) is 21.7 Å². The van der Waals surface area contributed by atoms with E-state index < -0.39 is 0 Å². The van der Waals surface area contributed by atoms with Gasteiger partial charge in [0.15, 0.2) is 5.11 Å². The van der Waals surface area contributed by atoms with E-state index >= 15 is 0 Å². The zero-order valence-electron chi connectivity index (χ0n) is 13.9. The van der Waals surface area contributed by atoms with Crippen LogP contribution in [0, 0.1) is 0 Å². The summed E-state index contributed by atoms with van der Waals surface area (Å²) in [6.07, 6.45) is 0. The summed E-state index contributed by atoms with van der Waals surface area (Å²) >= 11 is 5.13. The van der Waals surface area contributed by atoms with Gasteiger partial charge in [0, 0.05) is 11.3 Å². The summed E-state index contributed by atoms with van der Waals surface area (Å²) in [4.78, 5) is 23.8. The summed E-state index contributed by atoms with van der Waals surface area (Å²) in [5.41, 5.74) is 1.52. The molecule has 1 amide bonds. The van der Waals surface area contributed by atoms with E-state index in [0.29, 0.717) is 29.2 Å². The zero-order valence-corrected chi connectivity index (χ0v) is 14.7. The van der Waals surface area contributed by atoms with Gasteiger partial charge in [-0.1, -0.05) is 6.07 Å². The molecule has 0 heterocycles. The van der Waals surface area contributed by atoms with Crippen LogP contribution in [-0.4, -0.2) is 30.7 Å². The molecule has 2 N–H and O–H groups in total. The van der Waals surface area contributed by atoms with Crippen LogP contribution in [-0.2, 0) is 4.74 Å². The third kappa shape index (κ3) is 5.29. The first-order valence-corrected chi connectivity index (χ1v) is 7.98. The predicted molar refractivity (Wildman–Crippen MR) is 99.1 cm³/mol. The Kier molecular flexibility index (Phi) is 6.47. The van der Waals surface area contributed by atoms with Crippen LogP contribution in [0.4, 0.5) is 5.69 Å². The number of amides is 1. The molecule has 130 valence electrons. The second kappa shape index (κ2) is 8.79. The van der Waals surface area contributed by atoms with Crippen molar-refractivity contribution in [3.8, 4) is 5.75 Å². The number of benzene rings is 2. The molecule has 0 spiro atoms. The van der Waals surface area contributed by atoms with Gasteiger partial charge in [-0.05, 0) is 61.6 Å². The molecule has 0 unspecified atom stereocenters. The number of methoxy groups -OCH3 is 1. The minimum atomic E-state index is -0.386. The molecule has 2 rings (SSSR count). The number of ether oxygens (including phenoxy) is 2. The molecule has 0 saturated heterocycles. The smallest absolute Gasteiger partial charge is 0.338 e. The molecule has 2 aromatic rings. The number of thiocarbonyl (C=S) groups is 1. The van der Waals surface area contributed by atoms with Gasteiger partial charge < -0.3 is 14.8 Å². The van der Waals surface area contributed by atoms with Gasteiger partial charge in [-0.3, -0.25) is 10.1 Å². The van der Waals surface area contributed by atoms with E-state index in [1.807, 2.05) is 0 Å². The number of carbonyl (C=O) groups excluding carboxylic acids is 2. The first-order chi connectivity index (χ1) is 12.0. The fraction of sp³-hybridized carbons (Fsp3) is 0.167. The van der Waals surface area contributed by atoms with E-state index in [2.05, 4.69) is 10.6 Å². The third-order valence-electron chi connectivity index (χ3n) is 3.21. The van der Waals surface area contributed by atoms with Crippen molar-refractivity contribution in [1.29, 1.82) is 0 Å². The molecule has 0 atom stereocenters. The van der Waals surface area contributed by atoms with E-state index in [1.165, 1.54) is 7.11 Å². The zero-order chi connectivity index (χ0) is 18.2. The Balaban J connectivity index is 1.95. The van der Waals surface area contributed by atoms with Crippen molar-refractivity contribution in [2.24, 2.45) is 0 Å². The molecule has 0 aliphatic rings. The van der Waals surface area contributed by atoms with Crippen molar-refractivity contribution in [2.75, 3.05) is 19.0 Å². The number of rotatable bonds is 5. The Morgan fingerprint density at radius 3 is 2.44 bits per heavy atom. The van der Waals surface area contributed by atoms with Crippen LogP contribution in [0.1, 0.15) is 27.6 Å². The highest BCUT2D eigenvalue weighted by Gasteiger charge is 2.10. The van der Waals surface area contributed by atoms with Gasteiger partial charge in [0.25, 0.3) is 5.91 Å². The van der Waals surface area contributed by atoms with Crippen LogP contribution in [0.3, 0.4) is 0 Å². The van der Waals surface area contributed by atoms with E-state index in [0.717, 1.165) is 0 Å². The highest BCUT2D eigenvalue weighted by molar-refractivity contribution is 7.80. The summed E-state index contributed by atoms with van der Waals surface area (Å²) in [7, 11) is 1.53. The molecule has 7 heteroatoms. The Morgan fingerprint density at radius 2 is 1.80 bits per heavy atom. The molecule has 0 radical (unpaired) electrons. The fourth-order valence-corrected chi connectivity index (χ4v) is 2.22. The lowest BCUT2D eigenvalue weighted by atomic mass is 10.2. The maximum absolute atomic E-state index is 12.2. The normalized spacial score (nSPS) is 9.84. The van der Waals surface area contributed by atoms with Gasteiger partial charge in [0.05, 0.1) is 19.3 Å². The molecule has 0 aliphatic heterocycles. The summed E-state index contributed by atoms with van der Waals surface area (Å²) in [5, 5.41) is 5.62. The Morgan fingerprint density at radius 1 is 1.08 bits per heavy atom. The van der Waals surface area contributed by atoms with E-state index in [-0.39, 0.29) is 17.0 Å². The number of carbonyl (C=O) groups is 2. The van der Waals surface area contributed by atoms with Crippen LogP contribution in [0.5, 0.6) is 5.75 Å². The lowest BCUT2D eigenvalue weighted by Gasteiger charge is -2.10. The fourth-order valence-electron chi connectivity index (χ4n) is 2.01. The van der Waals surface area contributed by atoms with Crippen molar-refractivity contribution < 1.29 is 19.1 Å². The Bertz CT molecular complexity index is 775. The third-order valence-corrected chi connectivity index (χ3v) is 3.42. The molecule has 0 aromatic heterocycles. The summed E-state index contributed by atoms with van der Waals surface area (Å²) in [6, 6.07) is 13.3. The molecule has 0 aliphatic carbocycles. The minimum Gasteiger partial charge on any atom is -0.497 e. The van der Waals surface area contributed by atoms with Crippen LogP contribution in [0.15, 0.2) is 48.5 Å². The van der Waals surface area contributed by atoms with Crippen LogP contribution < -0.4 is 15.4 Å². The molecule has 2 aromatic carbocycles. The number of nitrogens with one attached hydrogen (secondary N) is 2. The van der Waals surface area contributed by atoms with Crippen LogP contribution in [0.25, 0.3) is 0 Å². The van der Waals surface area contributed by atoms with Gasteiger partial charge in [0.1, 0.15) is 5.75 Å². The number of hydrogen-bond acceptors (Lipinski definition) is 5. The molecule has 0 bridgehead atoms. The highest BCUT2D eigenvalue weighted by Crippen LogP contribution is 2.13. The summed E-state index contributed by atoms with van der Waals surface area (Å²) in [6.45, 7) is 2.07. The number of esters is 1. The SMILES string of the molecule is CCOC(=O)c1ccc(NC(=S)NC(=O)c2cccc(OC)c2)cc1. The predicted octanol–water partition coefficient (Wildman–Crippen LogP) is 3.00. The first-order valence-electron chi connectivity index (χ1n) is 7.57. The molecule has 0 saturated carbocycles. The monoisotopic (exact) mass is 358 g/mol. The summed E-state index contributed by atoms with van der Waals surface area (Å²) < 4.78 is 10.0. The standard InChI is InChI=1S/C18H18N2O4S/c1-3-24-17(22)12-7-9-14(10-8-12)19-18(25)20-16(21)13-5-4-6-15(11-13)23-2/h4-11H,3H2,1-2H3,(H2,19,20,21,25). The molecular formula is C18H18N2O4S. The van der Waals surface area contributed by atoms with Crippen molar-refractivity contribution >= 4 is 34.9 Å². The molecule has 6 nitrogen and oxygen atoms in total. The number of anilines is 1. The molecular weight excluding hydrogens is 340 g/mol. The Hall–Kier alpha value is -2.93. The van der Waals surface area contributed by atoms with Crippen molar-refractivity contribution in [1.82, 2.24) is 5.32 Å². The van der Waals surface area contributed by atoms with Gasteiger partial charge in [-0.25, -0.2) is 4.79 Å². The second-order valence-electron chi connectivity index (χ2n) is 4.94.